The maximum absolute atomic E-state index is 14.6. The summed E-state index contributed by atoms with van der Waals surface area (Å²) in [7, 11) is 0. The molecule has 0 radical (unpaired) electrons. The van der Waals surface area contributed by atoms with E-state index in [2.05, 4.69) is 13.2 Å². The van der Waals surface area contributed by atoms with E-state index in [1.807, 2.05) is 35.2 Å². The Bertz CT molecular complexity index is 1090. The van der Waals surface area contributed by atoms with Crippen molar-refractivity contribution in [2.75, 3.05) is 19.8 Å². The van der Waals surface area contributed by atoms with E-state index in [0.29, 0.717) is 25.8 Å². The van der Waals surface area contributed by atoms with Crippen LogP contribution in [0.2, 0.25) is 0 Å². The number of benzene rings is 1. The van der Waals surface area contributed by atoms with Crippen molar-refractivity contribution in [1.29, 1.82) is 0 Å². The van der Waals surface area contributed by atoms with Gasteiger partial charge in [-0.3, -0.25) is 14.4 Å². The normalized spacial score (nSPS) is 30.6. The summed E-state index contributed by atoms with van der Waals surface area (Å²) < 4.78 is 12.0. The Balaban J connectivity index is 1.55. The second-order valence-corrected chi connectivity index (χ2v) is 11.3. The van der Waals surface area contributed by atoms with E-state index in [4.69, 9.17) is 9.47 Å². The standard InChI is InChI=1S/C31H40N2O6/c1-3-17-32(22-13-9-6-10-14-22)29(36)27-31-16-15-24(39-31)25(30(37)38-18-4-2)26(31)28(35)33(27)23(20-34)19-21-11-7-5-8-12-21/h3-5,7-8,11-12,22-27,34H,1-2,6,9-10,13-20H2/t23-,24+,25-,26+,27?,31?/m1/s1. The van der Waals surface area contributed by atoms with E-state index >= 15 is 0 Å². The molecule has 1 aromatic rings. The zero-order valence-electron chi connectivity index (χ0n) is 22.6. The number of hydrogen-bond donors (Lipinski definition) is 1. The third-order valence-electron chi connectivity index (χ3n) is 9.13. The molecule has 3 heterocycles. The number of carbonyl (C=O) groups excluding carboxylic acids is 3. The van der Waals surface area contributed by atoms with E-state index in [1.165, 1.54) is 6.08 Å². The van der Waals surface area contributed by atoms with Crippen molar-refractivity contribution in [3.63, 3.8) is 0 Å². The average molecular weight is 537 g/mol. The van der Waals surface area contributed by atoms with Gasteiger partial charge in [-0.1, -0.05) is 68.3 Å². The number of carbonyl (C=O) groups is 3. The van der Waals surface area contributed by atoms with Gasteiger partial charge in [0.25, 0.3) is 0 Å². The van der Waals surface area contributed by atoms with Crippen LogP contribution in [-0.4, -0.2) is 82.3 Å². The fourth-order valence-corrected chi connectivity index (χ4v) is 7.51. The van der Waals surface area contributed by atoms with Gasteiger partial charge in [-0.2, -0.15) is 0 Å². The van der Waals surface area contributed by atoms with Crippen LogP contribution in [0.1, 0.15) is 50.5 Å². The zero-order valence-corrected chi connectivity index (χ0v) is 22.6. The van der Waals surface area contributed by atoms with Crippen molar-refractivity contribution in [3.05, 3.63) is 61.2 Å². The lowest BCUT2D eigenvalue weighted by Crippen LogP contribution is -2.60. The lowest BCUT2D eigenvalue weighted by molar-refractivity contribution is -0.156. The molecule has 2 amide bonds. The summed E-state index contributed by atoms with van der Waals surface area (Å²) in [4.78, 5) is 45.6. The van der Waals surface area contributed by atoms with Gasteiger partial charge >= 0.3 is 5.97 Å². The summed E-state index contributed by atoms with van der Waals surface area (Å²) in [5.74, 6) is -2.60. The monoisotopic (exact) mass is 536 g/mol. The molecule has 2 bridgehead atoms. The van der Waals surface area contributed by atoms with Gasteiger partial charge in [-0.15, -0.1) is 6.58 Å². The number of rotatable bonds is 11. The van der Waals surface area contributed by atoms with Crippen LogP contribution in [0.15, 0.2) is 55.6 Å². The first-order valence-electron chi connectivity index (χ1n) is 14.3. The molecule has 4 fully saturated rings. The number of likely N-dealkylation sites (tertiary alicyclic amines) is 1. The molecule has 8 heteroatoms. The molecule has 3 aliphatic heterocycles. The van der Waals surface area contributed by atoms with E-state index in [1.54, 1.807) is 11.0 Å². The molecule has 1 spiro atoms. The Morgan fingerprint density at radius 2 is 1.90 bits per heavy atom. The van der Waals surface area contributed by atoms with Crippen molar-refractivity contribution in [2.45, 2.75) is 81.2 Å². The van der Waals surface area contributed by atoms with Crippen molar-refractivity contribution < 1.29 is 29.0 Å². The molecule has 4 aliphatic rings. The second-order valence-electron chi connectivity index (χ2n) is 11.3. The summed E-state index contributed by atoms with van der Waals surface area (Å²) in [6, 6.07) is 8.12. The number of nitrogens with zero attached hydrogens (tertiary/aromatic N) is 2. The summed E-state index contributed by atoms with van der Waals surface area (Å²) in [5, 5.41) is 10.6. The molecule has 8 nitrogen and oxygen atoms in total. The molecule has 1 aliphatic carbocycles. The van der Waals surface area contributed by atoms with Crippen molar-refractivity contribution in [1.82, 2.24) is 9.80 Å². The lowest BCUT2D eigenvalue weighted by Gasteiger charge is -2.42. The van der Waals surface area contributed by atoms with Gasteiger partial charge in [0, 0.05) is 12.6 Å². The molecule has 3 saturated heterocycles. The maximum Gasteiger partial charge on any atom is 0.312 e. The minimum atomic E-state index is -1.13. The van der Waals surface area contributed by atoms with Crippen LogP contribution in [-0.2, 0) is 30.3 Å². The number of ether oxygens (including phenoxy) is 2. The SMILES string of the molecule is C=CCOC(=O)[C@@H]1[C@@H]2CCC3(O2)C(C(=O)N(CC=C)C2CCCCC2)N([C@@H](CO)Cc2ccccc2)C(=O)[C@H]13. The predicted octanol–water partition coefficient (Wildman–Crippen LogP) is 3.04. The van der Waals surface area contributed by atoms with Crippen LogP contribution in [0.5, 0.6) is 0 Å². The molecule has 39 heavy (non-hydrogen) atoms. The molecule has 1 N–H and O–H groups in total. The number of aliphatic hydroxyl groups excluding tert-OH is 1. The third-order valence-corrected chi connectivity index (χ3v) is 9.13. The molecular formula is C31H40N2O6. The fourth-order valence-electron chi connectivity index (χ4n) is 7.51. The summed E-state index contributed by atoms with van der Waals surface area (Å²) in [5.41, 5.74) is -0.179. The summed E-state index contributed by atoms with van der Waals surface area (Å²) >= 11 is 0. The molecule has 0 aromatic heterocycles. The Kier molecular flexibility index (Phi) is 8.24. The number of amides is 2. The first-order valence-corrected chi connectivity index (χ1v) is 14.3. The highest BCUT2D eigenvalue weighted by molar-refractivity contribution is 5.98. The first kappa shape index (κ1) is 27.6. The van der Waals surface area contributed by atoms with Crippen LogP contribution >= 0.6 is 0 Å². The second kappa shape index (κ2) is 11.6. The smallest absolute Gasteiger partial charge is 0.312 e. The van der Waals surface area contributed by atoms with Crippen LogP contribution in [0.3, 0.4) is 0 Å². The van der Waals surface area contributed by atoms with Gasteiger partial charge in [0.1, 0.15) is 18.2 Å². The van der Waals surface area contributed by atoms with Gasteiger partial charge in [0.05, 0.1) is 30.6 Å². The summed E-state index contributed by atoms with van der Waals surface area (Å²) in [6.45, 7) is 7.63. The topological polar surface area (TPSA) is 96.4 Å². The molecular weight excluding hydrogens is 496 g/mol. The first-order chi connectivity index (χ1) is 19.0. The molecule has 6 atom stereocenters. The Labute approximate surface area is 230 Å². The molecule has 2 unspecified atom stereocenters. The molecule has 1 saturated carbocycles. The van der Waals surface area contributed by atoms with Gasteiger partial charge in [-0.25, -0.2) is 0 Å². The van der Waals surface area contributed by atoms with Crippen LogP contribution in [0, 0.1) is 11.8 Å². The van der Waals surface area contributed by atoms with Crippen molar-refractivity contribution in [3.8, 4) is 0 Å². The maximum atomic E-state index is 14.6. The quantitative estimate of drug-likeness (QED) is 0.345. The van der Waals surface area contributed by atoms with E-state index in [-0.39, 0.29) is 31.1 Å². The fraction of sp³-hybridized carbons (Fsp3) is 0.581. The molecule has 1 aromatic carbocycles. The average Bonchev–Trinajstić information content (AvgIpc) is 3.61. The number of esters is 1. The van der Waals surface area contributed by atoms with E-state index in [0.717, 1.165) is 37.7 Å². The van der Waals surface area contributed by atoms with Gasteiger partial charge in [0.15, 0.2) is 0 Å². The third kappa shape index (κ3) is 4.82. The Morgan fingerprint density at radius 3 is 2.56 bits per heavy atom. The minimum Gasteiger partial charge on any atom is -0.461 e. The highest BCUT2D eigenvalue weighted by Gasteiger charge is 2.75. The lowest BCUT2D eigenvalue weighted by atomic mass is 9.70. The highest BCUT2D eigenvalue weighted by atomic mass is 16.6. The molecule has 5 rings (SSSR count). The Hall–Kier alpha value is -2.97. The van der Waals surface area contributed by atoms with Crippen LogP contribution in [0.4, 0.5) is 0 Å². The molecule has 210 valence electrons. The minimum absolute atomic E-state index is 0.0457. The zero-order chi connectivity index (χ0) is 27.6. The van der Waals surface area contributed by atoms with Crippen LogP contribution < -0.4 is 0 Å². The summed E-state index contributed by atoms with van der Waals surface area (Å²) in [6.07, 6.45) is 9.28. The van der Waals surface area contributed by atoms with Gasteiger partial charge < -0.3 is 24.4 Å². The number of fused-ring (bicyclic) bond motifs is 1. The highest BCUT2D eigenvalue weighted by Crippen LogP contribution is 2.59. The number of hydrogen-bond acceptors (Lipinski definition) is 6. The van der Waals surface area contributed by atoms with Crippen molar-refractivity contribution in [2.24, 2.45) is 11.8 Å². The van der Waals surface area contributed by atoms with Gasteiger partial charge in [-0.05, 0) is 37.7 Å². The number of aliphatic hydroxyl groups is 1. The van der Waals surface area contributed by atoms with Crippen molar-refractivity contribution >= 4 is 17.8 Å². The van der Waals surface area contributed by atoms with Crippen LogP contribution in [0.25, 0.3) is 0 Å². The largest absolute Gasteiger partial charge is 0.461 e. The predicted molar refractivity (Wildman–Crippen MR) is 145 cm³/mol. The Morgan fingerprint density at radius 1 is 1.15 bits per heavy atom. The van der Waals surface area contributed by atoms with E-state index in [9.17, 15) is 19.5 Å². The van der Waals surface area contributed by atoms with E-state index < -0.39 is 41.6 Å². The van der Waals surface area contributed by atoms with Gasteiger partial charge in [0.2, 0.25) is 11.8 Å².